The van der Waals surface area contributed by atoms with Crippen molar-refractivity contribution in [3.05, 3.63) is 205 Å². The van der Waals surface area contributed by atoms with E-state index in [9.17, 15) is 0 Å². The lowest BCUT2D eigenvalue weighted by molar-refractivity contribution is 0.660. The van der Waals surface area contributed by atoms with Crippen LogP contribution in [-0.4, -0.2) is 9.97 Å². The molecular weight excluding hydrogens is 665 g/mol. The van der Waals surface area contributed by atoms with Crippen LogP contribution in [0.2, 0.25) is 0 Å². The number of hydrogen-bond acceptors (Lipinski definition) is 2. The molecule has 8 aromatic carbocycles. The average molecular weight is 703 g/mol. The summed E-state index contributed by atoms with van der Waals surface area (Å²) < 4.78 is 0. The van der Waals surface area contributed by atoms with Gasteiger partial charge in [0.2, 0.25) is 0 Å². The third-order valence-electron chi connectivity index (χ3n) is 11.3. The highest BCUT2D eigenvalue weighted by Gasteiger charge is 2.35. The molecule has 0 saturated heterocycles. The van der Waals surface area contributed by atoms with Crippen LogP contribution in [0.4, 0.5) is 0 Å². The van der Waals surface area contributed by atoms with Crippen molar-refractivity contribution in [3.63, 3.8) is 0 Å². The van der Waals surface area contributed by atoms with Crippen LogP contribution < -0.4 is 0 Å². The first kappa shape index (κ1) is 32.7. The molecule has 55 heavy (non-hydrogen) atoms. The largest absolute Gasteiger partial charge is 0.228 e. The predicted octanol–water partition coefficient (Wildman–Crippen LogP) is 13.9. The average Bonchev–Trinajstić information content (AvgIpc) is 3.49. The summed E-state index contributed by atoms with van der Waals surface area (Å²) in [5.41, 5.74) is 17.6. The van der Waals surface area contributed by atoms with Crippen molar-refractivity contribution in [3.8, 4) is 78.4 Å². The number of fused-ring (bicyclic) bond motifs is 4. The second kappa shape index (κ2) is 13.2. The van der Waals surface area contributed by atoms with Gasteiger partial charge in [-0.15, -0.1) is 0 Å². The van der Waals surface area contributed by atoms with E-state index < -0.39 is 0 Å². The topological polar surface area (TPSA) is 25.8 Å². The summed E-state index contributed by atoms with van der Waals surface area (Å²) in [4.78, 5) is 10.2. The highest BCUT2D eigenvalue weighted by Crippen LogP contribution is 2.49. The van der Waals surface area contributed by atoms with Crippen molar-refractivity contribution >= 4 is 10.8 Å². The lowest BCUT2D eigenvalue weighted by atomic mass is 9.81. The minimum Gasteiger partial charge on any atom is -0.228 e. The van der Waals surface area contributed by atoms with E-state index in [2.05, 4.69) is 184 Å². The highest BCUT2D eigenvalue weighted by molar-refractivity contribution is 6.05. The van der Waals surface area contributed by atoms with Gasteiger partial charge in [0.05, 0.1) is 11.4 Å². The van der Waals surface area contributed by atoms with Crippen LogP contribution in [0.5, 0.6) is 0 Å². The second-order valence-corrected chi connectivity index (χ2v) is 15.0. The molecule has 0 unspecified atom stereocenters. The molecule has 0 saturated carbocycles. The Labute approximate surface area is 322 Å². The van der Waals surface area contributed by atoms with Gasteiger partial charge in [0.1, 0.15) is 0 Å². The second-order valence-electron chi connectivity index (χ2n) is 15.0. The number of aromatic nitrogens is 2. The summed E-state index contributed by atoms with van der Waals surface area (Å²) >= 11 is 0. The van der Waals surface area contributed by atoms with Gasteiger partial charge in [0.25, 0.3) is 0 Å². The van der Waals surface area contributed by atoms with Crippen LogP contribution in [-0.2, 0) is 5.41 Å². The van der Waals surface area contributed by atoms with Crippen LogP contribution >= 0.6 is 0 Å². The molecule has 260 valence electrons. The van der Waals surface area contributed by atoms with Gasteiger partial charge in [0.15, 0.2) is 5.82 Å². The summed E-state index contributed by atoms with van der Waals surface area (Å²) in [6.45, 7) is 4.69. The molecule has 1 aliphatic rings. The smallest absolute Gasteiger partial charge is 0.160 e. The van der Waals surface area contributed by atoms with Gasteiger partial charge in [-0.1, -0.05) is 184 Å². The van der Waals surface area contributed by atoms with E-state index in [4.69, 9.17) is 9.97 Å². The minimum absolute atomic E-state index is 0.0337. The Balaban J connectivity index is 1.03. The molecule has 1 aliphatic carbocycles. The SMILES string of the molecule is CC1(C)c2ccccc2-c2ccc(-c3cccc(-c4cccc(-c5ccc(-c6cc(-c7ccccc7)nc(-c7ccccc7)n6)c6ccccc56)c4)c3)cc21. The molecule has 0 radical (unpaired) electrons. The molecule has 0 N–H and O–H groups in total. The minimum atomic E-state index is -0.0337. The van der Waals surface area contributed by atoms with E-state index in [1.165, 1.54) is 61.0 Å². The van der Waals surface area contributed by atoms with Gasteiger partial charge in [-0.3, -0.25) is 0 Å². The Bertz CT molecular complexity index is 2830. The van der Waals surface area contributed by atoms with Gasteiger partial charge in [-0.25, -0.2) is 9.97 Å². The summed E-state index contributed by atoms with van der Waals surface area (Å²) in [5.74, 6) is 0.716. The zero-order valence-electron chi connectivity index (χ0n) is 30.9. The first-order valence-electron chi connectivity index (χ1n) is 19.0. The molecule has 10 rings (SSSR count). The quantitative estimate of drug-likeness (QED) is 0.172. The van der Waals surface area contributed by atoms with E-state index in [1.807, 2.05) is 24.3 Å². The fourth-order valence-electron chi connectivity index (χ4n) is 8.46. The van der Waals surface area contributed by atoms with Crippen molar-refractivity contribution < 1.29 is 0 Å². The van der Waals surface area contributed by atoms with Crippen LogP contribution in [0, 0.1) is 0 Å². The van der Waals surface area contributed by atoms with E-state index in [0.717, 1.165) is 33.5 Å². The molecule has 0 aliphatic heterocycles. The van der Waals surface area contributed by atoms with Crippen molar-refractivity contribution in [1.29, 1.82) is 0 Å². The van der Waals surface area contributed by atoms with Crippen molar-refractivity contribution in [2.45, 2.75) is 19.3 Å². The molecule has 0 bridgehead atoms. The lowest BCUT2D eigenvalue weighted by Crippen LogP contribution is -2.14. The zero-order chi connectivity index (χ0) is 36.9. The van der Waals surface area contributed by atoms with E-state index in [0.29, 0.717) is 5.82 Å². The van der Waals surface area contributed by atoms with Gasteiger partial charge < -0.3 is 0 Å². The maximum absolute atomic E-state index is 5.17. The molecule has 0 amide bonds. The fraction of sp³-hybridized carbons (Fsp3) is 0.0566. The third-order valence-corrected chi connectivity index (χ3v) is 11.3. The molecule has 1 heterocycles. The summed E-state index contributed by atoms with van der Waals surface area (Å²) in [7, 11) is 0. The van der Waals surface area contributed by atoms with Gasteiger partial charge >= 0.3 is 0 Å². The van der Waals surface area contributed by atoms with Crippen LogP contribution in [0.1, 0.15) is 25.0 Å². The standard InChI is InChI=1S/C53H38N2/c1-53(2)48-26-12-11-25-45(48)46-28-27-40(33-49(46)53)38-20-13-19-37(31-38)39-21-14-22-41(32-39)42-29-30-47(44-24-10-9-23-43(42)44)51-34-50(35-15-5-3-6-16-35)54-52(55-51)36-17-7-4-8-18-36/h3-34H,1-2H3. The van der Waals surface area contributed by atoms with Crippen LogP contribution in [0.15, 0.2) is 194 Å². The highest BCUT2D eigenvalue weighted by atomic mass is 14.9. The first-order valence-corrected chi connectivity index (χ1v) is 19.0. The molecule has 2 heteroatoms. The maximum atomic E-state index is 5.17. The third kappa shape index (κ3) is 5.75. The fourth-order valence-corrected chi connectivity index (χ4v) is 8.46. The molecule has 2 nitrogen and oxygen atoms in total. The lowest BCUT2D eigenvalue weighted by Gasteiger charge is -2.22. The molecular formula is C53H38N2. The Hall–Kier alpha value is -6.90. The molecule has 9 aromatic rings. The van der Waals surface area contributed by atoms with Crippen LogP contribution in [0.3, 0.4) is 0 Å². The van der Waals surface area contributed by atoms with Gasteiger partial charge in [-0.2, -0.15) is 0 Å². The molecule has 0 fully saturated rings. The Kier molecular flexibility index (Phi) is 7.85. The molecule has 0 spiro atoms. The van der Waals surface area contributed by atoms with E-state index in [-0.39, 0.29) is 5.41 Å². The summed E-state index contributed by atoms with van der Waals surface area (Å²) in [6.07, 6.45) is 0. The normalized spacial score (nSPS) is 12.7. The zero-order valence-corrected chi connectivity index (χ0v) is 30.9. The van der Waals surface area contributed by atoms with Gasteiger partial charge in [-0.05, 0) is 90.7 Å². The molecule has 0 atom stereocenters. The Morgan fingerprint density at radius 3 is 1.53 bits per heavy atom. The summed E-state index contributed by atoms with van der Waals surface area (Å²) in [5, 5.41) is 2.35. The van der Waals surface area contributed by atoms with Crippen LogP contribution in [0.25, 0.3) is 89.2 Å². The Morgan fingerprint density at radius 2 is 0.800 bits per heavy atom. The van der Waals surface area contributed by atoms with Crippen molar-refractivity contribution in [2.75, 3.05) is 0 Å². The Morgan fingerprint density at radius 1 is 0.309 bits per heavy atom. The number of rotatable bonds is 6. The number of nitrogens with zero attached hydrogens (tertiary/aromatic N) is 2. The first-order chi connectivity index (χ1) is 27.0. The van der Waals surface area contributed by atoms with E-state index in [1.54, 1.807) is 0 Å². The number of hydrogen-bond donors (Lipinski definition) is 0. The van der Waals surface area contributed by atoms with E-state index >= 15 is 0 Å². The number of benzene rings is 8. The maximum Gasteiger partial charge on any atom is 0.160 e. The monoisotopic (exact) mass is 702 g/mol. The predicted molar refractivity (Wildman–Crippen MR) is 230 cm³/mol. The van der Waals surface area contributed by atoms with Crippen molar-refractivity contribution in [1.82, 2.24) is 9.97 Å². The van der Waals surface area contributed by atoms with Gasteiger partial charge in [0, 0.05) is 22.1 Å². The summed E-state index contributed by atoms with van der Waals surface area (Å²) in [6, 6.07) is 69.7. The molecule has 1 aromatic heterocycles. The van der Waals surface area contributed by atoms with Crippen molar-refractivity contribution in [2.24, 2.45) is 0 Å².